The van der Waals surface area contributed by atoms with E-state index >= 15 is 0 Å². The summed E-state index contributed by atoms with van der Waals surface area (Å²) in [5.41, 5.74) is 0.877. The Balaban J connectivity index is 1.63. The van der Waals surface area contributed by atoms with Gasteiger partial charge in [-0.3, -0.25) is 4.79 Å². The second-order valence-electron chi connectivity index (χ2n) is 7.84. The van der Waals surface area contributed by atoms with Crippen LogP contribution >= 0.6 is 0 Å². The highest BCUT2D eigenvalue weighted by Crippen LogP contribution is 2.23. The van der Waals surface area contributed by atoms with E-state index in [9.17, 15) is 9.59 Å². The Kier molecular flexibility index (Phi) is 5.81. The van der Waals surface area contributed by atoms with Crippen molar-refractivity contribution in [2.45, 2.75) is 57.5 Å². The van der Waals surface area contributed by atoms with Gasteiger partial charge in [0.15, 0.2) is 0 Å². The molecule has 142 valence electrons. The van der Waals surface area contributed by atoms with Gasteiger partial charge in [-0.25, -0.2) is 4.79 Å². The van der Waals surface area contributed by atoms with Gasteiger partial charge in [0.1, 0.15) is 0 Å². The molecule has 1 aromatic rings. The lowest BCUT2D eigenvalue weighted by Gasteiger charge is -2.42. The van der Waals surface area contributed by atoms with E-state index in [1.165, 1.54) is 19.3 Å². The maximum absolute atomic E-state index is 12.9. The molecular weight excluding hydrogens is 330 g/mol. The molecule has 3 amide bonds. The number of hydrogen-bond acceptors (Lipinski definition) is 3. The molecule has 1 saturated heterocycles. The van der Waals surface area contributed by atoms with Gasteiger partial charge in [0.05, 0.1) is 18.8 Å². The molecule has 26 heavy (non-hydrogen) atoms. The quantitative estimate of drug-likeness (QED) is 0.869. The van der Waals surface area contributed by atoms with Crippen molar-refractivity contribution in [2.75, 3.05) is 25.1 Å². The number of carbonyl (C=O) groups excluding carboxylic acids is 2. The standard InChI is InChI=1S/C20H29N3O3/c1-20(2)14-26-12-11-23(20)18(24)15-7-6-10-17(13-15)22-19(25)21-16-8-4-3-5-9-16/h6-7,10,13,16H,3-5,8-9,11-12,14H2,1-2H3,(H2,21,22,25). The predicted octanol–water partition coefficient (Wildman–Crippen LogP) is 3.39. The van der Waals surface area contributed by atoms with Crippen molar-refractivity contribution in [2.24, 2.45) is 0 Å². The fraction of sp³-hybridized carbons (Fsp3) is 0.600. The third-order valence-corrected chi connectivity index (χ3v) is 5.20. The molecular formula is C20H29N3O3. The molecule has 6 nitrogen and oxygen atoms in total. The van der Waals surface area contributed by atoms with Gasteiger partial charge in [0.2, 0.25) is 0 Å². The molecule has 1 saturated carbocycles. The van der Waals surface area contributed by atoms with Crippen LogP contribution in [0.5, 0.6) is 0 Å². The summed E-state index contributed by atoms with van der Waals surface area (Å²) in [6, 6.07) is 7.20. The van der Waals surface area contributed by atoms with Gasteiger partial charge in [-0.05, 0) is 44.9 Å². The monoisotopic (exact) mass is 359 g/mol. The predicted molar refractivity (Wildman–Crippen MR) is 101 cm³/mol. The molecule has 0 atom stereocenters. The number of anilines is 1. The lowest BCUT2D eigenvalue weighted by Crippen LogP contribution is -2.55. The summed E-state index contributed by atoms with van der Waals surface area (Å²) in [6.07, 6.45) is 5.67. The fourth-order valence-corrected chi connectivity index (χ4v) is 3.72. The lowest BCUT2D eigenvalue weighted by atomic mass is 9.96. The molecule has 0 radical (unpaired) electrons. The largest absolute Gasteiger partial charge is 0.377 e. The molecule has 0 unspecified atom stereocenters. The summed E-state index contributed by atoms with van der Waals surface area (Å²) in [5.74, 6) is -0.0327. The normalized spacial score (nSPS) is 20.5. The summed E-state index contributed by atoms with van der Waals surface area (Å²) < 4.78 is 5.49. The number of rotatable bonds is 3. The van der Waals surface area contributed by atoms with E-state index in [-0.39, 0.29) is 23.5 Å². The Morgan fingerprint density at radius 1 is 1.19 bits per heavy atom. The average Bonchev–Trinajstić information content (AvgIpc) is 2.62. The SMILES string of the molecule is CC1(C)COCCN1C(=O)c1cccc(NC(=O)NC2CCCCC2)c1. The second-order valence-corrected chi connectivity index (χ2v) is 7.84. The number of amides is 3. The second kappa shape index (κ2) is 8.08. The third-order valence-electron chi connectivity index (χ3n) is 5.20. The molecule has 0 bridgehead atoms. The molecule has 1 aliphatic heterocycles. The van der Waals surface area contributed by atoms with Crippen molar-refractivity contribution >= 4 is 17.6 Å². The summed E-state index contributed by atoms with van der Waals surface area (Å²) in [7, 11) is 0. The highest BCUT2D eigenvalue weighted by atomic mass is 16.5. The van der Waals surface area contributed by atoms with Crippen LogP contribution in [-0.2, 0) is 4.74 Å². The van der Waals surface area contributed by atoms with Gasteiger partial charge < -0.3 is 20.3 Å². The number of nitrogens with one attached hydrogen (secondary N) is 2. The molecule has 2 aliphatic rings. The molecule has 3 rings (SSSR count). The molecule has 6 heteroatoms. The fourth-order valence-electron chi connectivity index (χ4n) is 3.72. The molecule has 2 fully saturated rings. The van der Waals surface area contributed by atoms with E-state index in [0.717, 1.165) is 12.8 Å². The Labute approximate surface area is 155 Å². The molecule has 1 heterocycles. The summed E-state index contributed by atoms with van der Waals surface area (Å²) in [5, 5.41) is 5.89. The number of carbonyl (C=O) groups is 2. The van der Waals surface area contributed by atoms with Gasteiger partial charge >= 0.3 is 6.03 Å². The molecule has 1 aromatic carbocycles. The van der Waals surface area contributed by atoms with Gasteiger partial charge in [0.25, 0.3) is 5.91 Å². The molecule has 2 N–H and O–H groups in total. The van der Waals surface area contributed by atoms with Gasteiger partial charge in [-0.1, -0.05) is 25.3 Å². The Morgan fingerprint density at radius 2 is 1.96 bits per heavy atom. The van der Waals surface area contributed by atoms with Crippen LogP contribution in [-0.4, -0.2) is 48.2 Å². The van der Waals surface area contributed by atoms with Crippen molar-refractivity contribution in [1.82, 2.24) is 10.2 Å². The smallest absolute Gasteiger partial charge is 0.319 e. The Hall–Kier alpha value is -2.08. The van der Waals surface area contributed by atoms with Crippen molar-refractivity contribution in [3.8, 4) is 0 Å². The minimum atomic E-state index is -0.336. The van der Waals surface area contributed by atoms with Crippen LogP contribution in [0.3, 0.4) is 0 Å². The first kappa shape index (κ1) is 18.7. The van der Waals surface area contributed by atoms with Crippen molar-refractivity contribution < 1.29 is 14.3 Å². The van der Waals surface area contributed by atoms with E-state index < -0.39 is 0 Å². The summed E-state index contributed by atoms with van der Waals surface area (Å²) in [6.45, 7) is 5.66. The first-order valence-electron chi connectivity index (χ1n) is 9.53. The number of hydrogen-bond donors (Lipinski definition) is 2. The van der Waals surface area contributed by atoms with Crippen LogP contribution in [0.4, 0.5) is 10.5 Å². The highest BCUT2D eigenvalue weighted by molar-refractivity contribution is 5.97. The van der Waals surface area contributed by atoms with Gasteiger partial charge in [-0.2, -0.15) is 0 Å². The molecule has 0 spiro atoms. The van der Waals surface area contributed by atoms with Crippen molar-refractivity contribution in [1.29, 1.82) is 0 Å². The van der Waals surface area contributed by atoms with E-state index in [2.05, 4.69) is 10.6 Å². The third kappa shape index (κ3) is 4.55. The maximum Gasteiger partial charge on any atom is 0.319 e. The van der Waals surface area contributed by atoms with Crippen LogP contribution in [0.2, 0.25) is 0 Å². The highest BCUT2D eigenvalue weighted by Gasteiger charge is 2.34. The number of morpholine rings is 1. The topological polar surface area (TPSA) is 70.7 Å². The average molecular weight is 359 g/mol. The molecule has 1 aliphatic carbocycles. The molecule has 0 aromatic heterocycles. The number of benzene rings is 1. The minimum Gasteiger partial charge on any atom is -0.377 e. The number of urea groups is 1. The summed E-state index contributed by atoms with van der Waals surface area (Å²) >= 11 is 0. The van der Waals surface area contributed by atoms with Gasteiger partial charge in [-0.15, -0.1) is 0 Å². The zero-order chi connectivity index (χ0) is 18.6. The van der Waals surface area contributed by atoms with Crippen LogP contribution in [0.15, 0.2) is 24.3 Å². The van der Waals surface area contributed by atoms with Crippen LogP contribution < -0.4 is 10.6 Å². The van der Waals surface area contributed by atoms with E-state index in [1.54, 1.807) is 18.2 Å². The van der Waals surface area contributed by atoms with E-state index in [1.807, 2.05) is 24.8 Å². The van der Waals surface area contributed by atoms with Crippen LogP contribution in [0, 0.1) is 0 Å². The van der Waals surface area contributed by atoms with Crippen LogP contribution in [0.25, 0.3) is 0 Å². The Morgan fingerprint density at radius 3 is 2.69 bits per heavy atom. The van der Waals surface area contributed by atoms with E-state index in [4.69, 9.17) is 4.74 Å². The number of nitrogens with zero attached hydrogens (tertiary/aromatic N) is 1. The first-order chi connectivity index (χ1) is 12.5. The first-order valence-corrected chi connectivity index (χ1v) is 9.53. The zero-order valence-electron chi connectivity index (χ0n) is 15.7. The van der Waals surface area contributed by atoms with Gasteiger partial charge in [0, 0.05) is 23.8 Å². The van der Waals surface area contributed by atoms with Crippen molar-refractivity contribution in [3.05, 3.63) is 29.8 Å². The van der Waals surface area contributed by atoms with E-state index in [0.29, 0.717) is 31.0 Å². The lowest BCUT2D eigenvalue weighted by molar-refractivity contribution is -0.0370. The maximum atomic E-state index is 12.9. The number of ether oxygens (including phenoxy) is 1. The summed E-state index contributed by atoms with van der Waals surface area (Å²) in [4.78, 5) is 27.0. The van der Waals surface area contributed by atoms with Crippen molar-refractivity contribution in [3.63, 3.8) is 0 Å². The zero-order valence-corrected chi connectivity index (χ0v) is 15.7. The van der Waals surface area contributed by atoms with Crippen LogP contribution in [0.1, 0.15) is 56.3 Å². The Bertz CT molecular complexity index is 653. The minimum absolute atomic E-state index is 0.0327.